The van der Waals surface area contributed by atoms with Gasteiger partial charge in [0.1, 0.15) is 5.75 Å². The van der Waals surface area contributed by atoms with Gasteiger partial charge in [0.15, 0.2) is 0 Å². The summed E-state index contributed by atoms with van der Waals surface area (Å²) in [5, 5.41) is 3.90. The number of halogens is 1. The largest absolute Gasteiger partial charge is 0.495 e. The van der Waals surface area contributed by atoms with Crippen molar-refractivity contribution in [2.45, 2.75) is 12.8 Å². The molecule has 3 N–H and O–H groups in total. The van der Waals surface area contributed by atoms with E-state index in [1.165, 1.54) is 0 Å². The molecule has 0 fully saturated rings. The number of hydrogen-bond acceptors (Lipinski definition) is 3. The Hall–Kier alpha value is -0.930. The van der Waals surface area contributed by atoms with Gasteiger partial charge in [0.25, 0.3) is 0 Å². The van der Waals surface area contributed by atoms with Crippen LogP contribution in [-0.4, -0.2) is 20.2 Å². The molecule has 0 heterocycles. The summed E-state index contributed by atoms with van der Waals surface area (Å²) in [7, 11) is 1.61. The van der Waals surface area contributed by atoms with Gasteiger partial charge in [-0.05, 0) is 37.6 Å². The molecular weight excluding hydrogens is 212 g/mol. The van der Waals surface area contributed by atoms with Crippen LogP contribution in [0.25, 0.3) is 0 Å². The molecule has 0 aliphatic rings. The minimum Gasteiger partial charge on any atom is -0.495 e. The van der Waals surface area contributed by atoms with Crippen LogP contribution >= 0.6 is 11.6 Å². The van der Waals surface area contributed by atoms with Gasteiger partial charge in [-0.2, -0.15) is 0 Å². The molecule has 1 rings (SSSR count). The molecule has 0 saturated carbocycles. The third-order valence-electron chi connectivity index (χ3n) is 2.11. The van der Waals surface area contributed by atoms with Crippen LogP contribution in [0.5, 0.6) is 5.75 Å². The Balaban J connectivity index is 2.45. The quantitative estimate of drug-likeness (QED) is 0.736. The average Bonchev–Trinajstić information content (AvgIpc) is 2.25. The van der Waals surface area contributed by atoms with Crippen LogP contribution in [0.1, 0.15) is 12.8 Å². The predicted molar refractivity (Wildman–Crippen MR) is 64.8 cm³/mol. The number of nitrogens with one attached hydrogen (secondary N) is 1. The van der Waals surface area contributed by atoms with Gasteiger partial charge in [-0.1, -0.05) is 11.6 Å². The first-order chi connectivity index (χ1) is 7.27. The highest BCUT2D eigenvalue weighted by Crippen LogP contribution is 2.27. The summed E-state index contributed by atoms with van der Waals surface area (Å²) in [6.07, 6.45) is 2.11. The van der Waals surface area contributed by atoms with E-state index >= 15 is 0 Å². The Morgan fingerprint density at radius 2 is 2.20 bits per heavy atom. The number of benzene rings is 1. The molecule has 0 atom stereocenters. The zero-order valence-corrected chi connectivity index (χ0v) is 9.68. The number of rotatable bonds is 6. The SMILES string of the molecule is COc1ccc(NCCCCN)cc1Cl. The van der Waals surface area contributed by atoms with Crippen molar-refractivity contribution in [1.82, 2.24) is 0 Å². The van der Waals surface area contributed by atoms with E-state index in [4.69, 9.17) is 22.1 Å². The van der Waals surface area contributed by atoms with Gasteiger partial charge in [0, 0.05) is 12.2 Å². The maximum Gasteiger partial charge on any atom is 0.137 e. The Kier molecular flexibility index (Phi) is 5.29. The fraction of sp³-hybridized carbons (Fsp3) is 0.455. The number of nitrogens with two attached hydrogens (primary N) is 1. The van der Waals surface area contributed by atoms with Crippen LogP contribution in [0.3, 0.4) is 0 Å². The average molecular weight is 229 g/mol. The van der Waals surface area contributed by atoms with E-state index in [1.54, 1.807) is 7.11 Å². The van der Waals surface area contributed by atoms with E-state index in [0.717, 1.165) is 31.6 Å². The first kappa shape index (κ1) is 12.1. The smallest absolute Gasteiger partial charge is 0.137 e. The molecule has 0 amide bonds. The number of hydrogen-bond donors (Lipinski definition) is 2. The molecule has 0 spiro atoms. The number of anilines is 1. The van der Waals surface area contributed by atoms with Crippen LogP contribution in [0, 0.1) is 0 Å². The molecule has 0 aromatic heterocycles. The second kappa shape index (κ2) is 6.53. The first-order valence-corrected chi connectivity index (χ1v) is 5.43. The van der Waals surface area contributed by atoms with E-state index in [0.29, 0.717) is 10.8 Å². The zero-order valence-electron chi connectivity index (χ0n) is 8.92. The maximum absolute atomic E-state index is 5.98. The normalized spacial score (nSPS) is 10.1. The molecule has 0 aliphatic carbocycles. The zero-order chi connectivity index (χ0) is 11.1. The second-order valence-corrected chi connectivity index (χ2v) is 3.68. The molecule has 84 valence electrons. The molecule has 3 nitrogen and oxygen atoms in total. The van der Waals surface area contributed by atoms with Gasteiger partial charge in [0.05, 0.1) is 12.1 Å². The molecule has 0 unspecified atom stereocenters. The summed E-state index contributed by atoms with van der Waals surface area (Å²) in [5.74, 6) is 0.698. The van der Waals surface area contributed by atoms with Crippen LogP contribution in [0.2, 0.25) is 5.02 Å². The van der Waals surface area contributed by atoms with E-state index in [2.05, 4.69) is 5.32 Å². The highest BCUT2D eigenvalue weighted by atomic mass is 35.5. The van der Waals surface area contributed by atoms with E-state index in [9.17, 15) is 0 Å². The molecular formula is C11H17ClN2O. The minimum atomic E-state index is 0.626. The number of unbranched alkanes of at least 4 members (excludes halogenated alkanes) is 1. The molecule has 0 aliphatic heterocycles. The standard InChI is InChI=1S/C11H17ClN2O/c1-15-11-5-4-9(8-10(11)12)14-7-3-2-6-13/h4-5,8,14H,2-3,6-7,13H2,1H3. The summed E-state index contributed by atoms with van der Waals surface area (Å²) < 4.78 is 5.07. The van der Waals surface area contributed by atoms with Crippen molar-refractivity contribution in [2.24, 2.45) is 5.73 Å². The Morgan fingerprint density at radius 1 is 1.40 bits per heavy atom. The van der Waals surface area contributed by atoms with Crippen LogP contribution in [0.4, 0.5) is 5.69 Å². The predicted octanol–water partition coefficient (Wildman–Crippen LogP) is 2.50. The van der Waals surface area contributed by atoms with Crippen molar-refractivity contribution in [3.8, 4) is 5.75 Å². The molecule has 0 radical (unpaired) electrons. The van der Waals surface area contributed by atoms with Crippen LogP contribution in [-0.2, 0) is 0 Å². The summed E-state index contributed by atoms with van der Waals surface area (Å²) >= 11 is 5.98. The first-order valence-electron chi connectivity index (χ1n) is 5.05. The number of methoxy groups -OCH3 is 1. The summed E-state index contributed by atoms with van der Waals surface area (Å²) in [4.78, 5) is 0. The van der Waals surface area contributed by atoms with Crippen molar-refractivity contribution >= 4 is 17.3 Å². The van der Waals surface area contributed by atoms with Gasteiger partial charge < -0.3 is 15.8 Å². The highest BCUT2D eigenvalue weighted by Gasteiger charge is 2.00. The van der Waals surface area contributed by atoms with Crippen molar-refractivity contribution in [3.05, 3.63) is 23.2 Å². The van der Waals surface area contributed by atoms with Crippen molar-refractivity contribution < 1.29 is 4.74 Å². The molecule has 0 bridgehead atoms. The topological polar surface area (TPSA) is 47.3 Å². The fourth-order valence-corrected chi connectivity index (χ4v) is 1.54. The van der Waals surface area contributed by atoms with Gasteiger partial charge in [0.2, 0.25) is 0 Å². The third-order valence-corrected chi connectivity index (χ3v) is 2.41. The lowest BCUT2D eigenvalue weighted by Crippen LogP contribution is -2.05. The van der Waals surface area contributed by atoms with E-state index in [-0.39, 0.29) is 0 Å². The Bertz CT molecular complexity index is 305. The van der Waals surface area contributed by atoms with Crippen LogP contribution in [0.15, 0.2) is 18.2 Å². The lowest BCUT2D eigenvalue weighted by Gasteiger charge is -2.08. The van der Waals surface area contributed by atoms with Crippen molar-refractivity contribution in [1.29, 1.82) is 0 Å². The molecule has 4 heteroatoms. The maximum atomic E-state index is 5.98. The Labute approximate surface area is 95.6 Å². The van der Waals surface area contributed by atoms with Gasteiger partial charge in [-0.3, -0.25) is 0 Å². The Morgan fingerprint density at radius 3 is 2.80 bits per heavy atom. The summed E-state index contributed by atoms with van der Waals surface area (Å²) in [5.41, 5.74) is 6.42. The van der Waals surface area contributed by atoms with E-state index in [1.807, 2.05) is 18.2 Å². The molecule has 1 aromatic rings. The fourth-order valence-electron chi connectivity index (χ4n) is 1.28. The lowest BCUT2D eigenvalue weighted by molar-refractivity contribution is 0.415. The monoisotopic (exact) mass is 228 g/mol. The van der Waals surface area contributed by atoms with E-state index < -0.39 is 0 Å². The third kappa shape index (κ3) is 3.98. The van der Waals surface area contributed by atoms with Gasteiger partial charge in [-0.15, -0.1) is 0 Å². The highest BCUT2D eigenvalue weighted by molar-refractivity contribution is 6.32. The summed E-state index contributed by atoms with van der Waals surface area (Å²) in [6.45, 7) is 1.66. The molecule has 0 saturated heterocycles. The van der Waals surface area contributed by atoms with Crippen LogP contribution < -0.4 is 15.8 Å². The number of ether oxygens (including phenoxy) is 1. The summed E-state index contributed by atoms with van der Waals surface area (Å²) in [6, 6.07) is 5.67. The molecule has 15 heavy (non-hydrogen) atoms. The van der Waals surface area contributed by atoms with Crippen molar-refractivity contribution in [3.63, 3.8) is 0 Å². The van der Waals surface area contributed by atoms with Crippen molar-refractivity contribution in [2.75, 3.05) is 25.5 Å². The second-order valence-electron chi connectivity index (χ2n) is 3.27. The van der Waals surface area contributed by atoms with Gasteiger partial charge >= 0.3 is 0 Å². The lowest BCUT2D eigenvalue weighted by atomic mass is 10.2. The minimum absolute atomic E-state index is 0.626. The van der Waals surface area contributed by atoms with Gasteiger partial charge in [-0.25, -0.2) is 0 Å². The molecule has 1 aromatic carbocycles.